The van der Waals surface area contributed by atoms with Crippen LogP contribution in [0.2, 0.25) is 0 Å². The molecule has 90 valence electrons. The lowest BCUT2D eigenvalue weighted by Crippen LogP contribution is -2.33. The van der Waals surface area contributed by atoms with E-state index in [1.165, 1.54) is 12.4 Å². The van der Waals surface area contributed by atoms with Gasteiger partial charge in [-0.25, -0.2) is 4.98 Å². The van der Waals surface area contributed by atoms with E-state index >= 15 is 0 Å². The summed E-state index contributed by atoms with van der Waals surface area (Å²) < 4.78 is 0.410. The van der Waals surface area contributed by atoms with Crippen LogP contribution in [0.15, 0.2) is 12.4 Å². The summed E-state index contributed by atoms with van der Waals surface area (Å²) in [4.78, 5) is 5.90. The van der Waals surface area contributed by atoms with Gasteiger partial charge in [-0.05, 0) is 19.4 Å². The normalized spacial score (nSPS) is 10.4. The number of aromatic nitrogens is 2. The second-order valence-corrected chi connectivity index (χ2v) is 3.53. The maximum atomic E-state index is 11.2. The first-order valence-electron chi connectivity index (χ1n) is 5.42. The first-order chi connectivity index (χ1) is 7.70. The molecule has 0 spiro atoms. The SMILES string of the molecule is CCCN(CCCN)c1ncc[n+]([O-])c1O. The molecule has 16 heavy (non-hydrogen) atoms. The quantitative estimate of drug-likeness (QED) is 0.526. The highest BCUT2D eigenvalue weighted by Crippen LogP contribution is 2.19. The smallest absolute Gasteiger partial charge is 0.421 e. The van der Waals surface area contributed by atoms with E-state index in [2.05, 4.69) is 4.98 Å². The van der Waals surface area contributed by atoms with Crippen LogP contribution >= 0.6 is 0 Å². The minimum atomic E-state index is -0.354. The average molecular weight is 226 g/mol. The Labute approximate surface area is 94.9 Å². The second kappa shape index (κ2) is 6.12. The molecule has 1 rings (SSSR count). The van der Waals surface area contributed by atoms with Crippen LogP contribution in [0.1, 0.15) is 19.8 Å². The molecule has 3 N–H and O–H groups in total. The summed E-state index contributed by atoms with van der Waals surface area (Å²) in [7, 11) is 0. The highest BCUT2D eigenvalue weighted by molar-refractivity contribution is 5.44. The van der Waals surface area contributed by atoms with Crippen LogP contribution < -0.4 is 15.4 Å². The van der Waals surface area contributed by atoms with Gasteiger partial charge in [0.15, 0.2) is 0 Å². The molecular formula is C10H18N4O2. The van der Waals surface area contributed by atoms with Crippen LogP contribution in [-0.2, 0) is 0 Å². The minimum absolute atomic E-state index is 0.327. The molecule has 0 amide bonds. The van der Waals surface area contributed by atoms with E-state index < -0.39 is 0 Å². The van der Waals surface area contributed by atoms with Gasteiger partial charge < -0.3 is 20.9 Å². The van der Waals surface area contributed by atoms with Crippen molar-refractivity contribution >= 4 is 5.82 Å². The van der Waals surface area contributed by atoms with Crippen LogP contribution in [0.5, 0.6) is 5.88 Å². The summed E-state index contributed by atoms with van der Waals surface area (Å²) in [5.41, 5.74) is 5.44. The average Bonchev–Trinajstić information content (AvgIpc) is 2.28. The van der Waals surface area contributed by atoms with E-state index in [0.717, 1.165) is 19.4 Å². The molecule has 0 unspecified atom stereocenters. The molecule has 6 heteroatoms. The van der Waals surface area contributed by atoms with Crippen molar-refractivity contribution in [2.24, 2.45) is 5.73 Å². The summed E-state index contributed by atoms with van der Waals surface area (Å²) in [5.74, 6) is -0.0271. The van der Waals surface area contributed by atoms with E-state index in [0.29, 0.717) is 23.6 Å². The van der Waals surface area contributed by atoms with Gasteiger partial charge in [0.05, 0.1) is 6.20 Å². The third-order valence-electron chi connectivity index (χ3n) is 2.23. The molecule has 6 nitrogen and oxygen atoms in total. The number of aromatic hydroxyl groups is 1. The fraction of sp³-hybridized carbons (Fsp3) is 0.600. The van der Waals surface area contributed by atoms with Gasteiger partial charge in [0, 0.05) is 13.1 Å². The zero-order chi connectivity index (χ0) is 12.0. The lowest BCUT2D eigenvalue weighted by Gasteiger charge is -2.21. The number of rotatable bonds is 6. The summed E-state index contributed by atoms with van der Waals surface area (Å²) in [6.45, 7) is 4.03. The number of nitrogens with two attached hydrogens (primary N) is 1. The predicted molar refractivity (Wildman–Crippen MR) is 61.0 cm³/mol. The van der Waals surface area contributed by atoms with Crippen LogP contribution in [0.4, 0.5) is 5.82 Å². The lowest BCUT2D eigenvalue weighted by atomic mass is 10.3. The topological polar surface area (TPSA) is 89.3 Å². The van der Waals surface area contributed by atoms with Crippen molar-refractivity contribution in [2.45, 2.75) is 19.8 Å². The standard InChI is InChI=1S/C10H18N4O2/c1-2-6-13(7-3-4-11)9-10(15)14(16)8-5-12-9/h5,8,15H,2-4,6-7,11H2,1H3. The van der Waals surface area contributed by atoms with E-state index in [4.69, 9.17) is 5.73 Å². The Morgan fingerprint density at radius 1 is 1.56 bits per heavy atom. The van der Waals surface area contributed by atoms with Crippen molar-refractivity contribution in [1.82, 2.24) is 4.98 Å². The molecule has 0 radical (unpaired) electrons. The Kier molecular flexibility index (Phi) is 4.78. The Bertz CT molecular complexity index is 333. The molecule has 0 aromatic carbocycles. The summed E-state index contributed by atoms with van der Waals surface area (Å²) in [6.07, 6.45) is 4.27. The molecule has 0 aliphatic rings. The first-order valence-corrected chi connectivity index (χ1v) is 5.42. The largest absolute Gasteiger partial charge is 0.616 e. The van der Waals surface area contributed by atoms with Crippen LogP contribution in [0.25, 0.3) is 0 Å². The molecule has 0 saturated carbocycles. The highest BCUT2D eigenvalue weighted by Gasteiger charge is 2.18. The molecule has 1 aromatic rings. The van der Waals surface area contributed by atoms with Crippen molar-refractivity contribution in [3.63, 3.8) is 0 Å². The zero-order valence-corrected chi connectivity index (χ0v) is 9.46. The molecule has 0 fully saturated rings. The zero-order valence-electron chi connectivity index (χ0n) is 9.46. The van der Waals surface area contributed by atoms with Gasteiger partial charge in [0.1, 0.15) is 0 Å². The van der Waals surface area contributed by atoms with Crippen molar-refractivity contribution in [3.8, 4) is 5.88 Å². The van der Waals surface area contributed by atoms with Gasteiger partial charge in [-0.15, -0.1) is 4.73 Å². The van der Waals surface area contributed by atoms with Gasteiger partial charge in [-0.3, -0.25) is 0 Å². The Balaban J connectivity index is 2.86. The summed E-state index contributed by atoms with van der Waals surface area (Å²) in [6, 6.07) is 0. The van der Waals surface area contributed by atoms with Crippen molar-refractivity contribution in [1.29, 1.82) is 0 Å². The van der Waals surface area contributed by atoms with Crippen LogP contribution in [0, 0.1) is 5.21 Å². The van der Waals surface area contributed by atoms with E-state index in [-0.39, 0.29) is 5.88 Å². The third-order valence-corrected chi connectivity index (χ3v) is 2.23. The van der Waals surface area contributed by atoms with Gasteiger partial charge in [0.2, 0.25) is 12.0 Å². The fourth-order valence-corrected chi connectivity index (χ4v) is 1.49. The van der Waals surface area contributed by atoms with E-state index in [1.54, 1.807) is 0 Å². The molecule has 1 aromatic heterocycles. The highest BCUT2D eigenvalue weighted by atomic mass is 16.5. The maximum Gasteiger partial charge on any atom is 0.421 e. The maximum absolute atomic E-state index is 11.2. The minimum Gasteiger partial charge on any atom is -0.616 e. The number of hydrogen-bond donors (Lipinski definition) is 2. The van der Waals surface area contributed by atoms with Crippen molar-refractivity contribution in [3.05, 3.63) is 17.6 Å². The van der Waals surface area contributed by atoms with Gasteiger partial charge in [-0.1, -0.05) is 6.92 Å². The monoisotopic (exact) mass is 226 g/mol. The molecular weight excluding hydrogens is 208 g/mol. The van der Waals surface area contributed by atoms with E-state index in [1.807, 2.05) is 11.8 Å². The molecule has 0 aliphatic carbocycles. The van der Waals surface area contributed by atoms with Gasteiger partial charge in [-0.2, -0.15) is 0 Å². The second-order valence-electron chi connectivity index (χ2n) is 3.53. The van der Waals surface area contributed by atoms with Gasteiger partial charge in [0.25, 0.3) is 0 Å². The molecule has 1 heterocycles. The lowest BCUT2D eigenvalue weighted by molar-refractivity contribution is -0.613. The first kappa shape index (κ1) is 12.5. The molecule has 0 aliphatic heterocycles. The fourth-order valence-electron chi connectivity index (χ4n) is 1.49. The number of anilines is 1. The Morgan fingerprint density at radius 2 is 2.31 bits per heavy atom. The number of nitrogens with zero attached hydrogens (tertiary/aromatic N) is 3. The number of hydrogen-bond acceptors (Lipinski definition) is 5. The molecule has 0 bridgehead atoms. The third kappa shape index (κ3) is 2.96. The summed E-state index contributed by atoms with van der Waals surface area (Å²) in [5, 5.41) is 20.8. The van der Waals surface area contributed by atoms with Crippen molar-refractivity contribution < 1.29 is 9.84 Å². The Hall–Kier alpha value is -1.56. The van der Waals surface area contributed by atoms with Crippen LogP contribution in [0.3, 0.4) is 0 Å². The predicted octanol–water partition coefficient (Wildman–Crippen LogP) is -0.0142. The van der Waals surface area contributed by atoms with Crippen molar-refractivity contribution in [2.75, 3.05) is 24.5 Å². The van der Waals surface area contributed by atoms with E-state index in [9.17, 15) is 10.3 Å². The van der Waals surface area contributed by atoms with Gasteiger partial charge >= 0.3 is 5.88 Å². The van der Waals surface area contributed by atoms with Crippen LogP contribution in [-0.4, -0.2) is 29.7 Å². The summed E-state index contributed by atoms with van der Waals surface area (Å²) >= 11 is 0. The molecule has 0 atom stereocenters. The molecule has 0 saturated heterocycles. The Morgan fingerprint density at radius 3 is 2.94 bits per heavy atom.